The Morgan fingerprint density at radius 3 is 2.00 bits per heavy atom. The lowest BCUT2D eigenvalue weighted by Crippen LogP contribution is -2.16. The molecule has 1 heterocycles. The first-order chi connectivity index (χ1) is 14.6. The van der Waals surface area contributed by atoms with Crippen LogP contribution in [0.25, 0.3) is 16.9 Å². The number of rotatable bonds is 4. The van der Waals surface area contributed by atoms with E-state index in [-0.39, 0.29) is 5.56 Å². The lowest BCUT2D eigenvalue weighted by molar-refractivity contribution is -0.274. The van der Waals surface area contributed by atoms with Crippen molar-refractivity contribution in [2.24, 2.45) is 0 Å². The second-order valence-electron chi connectivity index (χ2n) is 6.40. The third kappa shape index (κ3) is 5.00. The van der Waals surface area contributed by atoms with Gasteiger partial charge in [-0.25, -0.2) is 21.9 Å². The number of sulfone groups is 1. The summed E-state index contributed by atoms with van der Waals surface area (Å²) in [5, 5.41) is 3.23. The summed E-state index contributed by atoms with van der Waals surface area (Å²) in [6.07, 6.45) is -9.40. The van der Waals surface area contributed by atoms with Gasteiger partial charge in [-0.2, -0.15) is 18.3 Å². The van der Waals surface area contributed by atoms with E-state index in [4.69, 9.17) is 0 Å². The molecule has 0 saturated heterocycles. The quantitative estimate of drug-likeness (QED) is 0.480. The molecule has 0 N–H and O–H groups in total. The molecule has 14 heteroatoms. The fourth-order valence-corrected chi connectivity index (χ4v) is 3.43. The maximum absolute atomic E-state index is 14.6. The molecule has 0 spiro atoms. The first-order valence-electron chi connectivity index (χ1n) is 8.29. The lowest BCUT2D eigenvalue weighted by Gasteiger charge is -2.12. The molecule has 0 aliphatic carbocycles. The highest BCUT2D eigenvalue weighted by molar-refractivity contribution is 7.90. The van der Waals surface area contributed by atoms with Crippen molar-refractivity contribution in [1.29, 1.82) is 0 Å². The van der Waals surface area contributed by atoms with Crippen molar-refractivity contribution in [2.75, 3.05) is 6.26 Å². The number of halogens is 8. The van der Waals surface area contributed by atoms with Crippen LogP contribution in [0.2, 0.25) is 0 Å². The Morgan fingerprint density at radius 1 is 0.906 bits per heavy atom. The van der Waals surface area contributed by atoms with Crippen LogP contribution in [0, 0.1) is 11.6 Å². The molecule has 172 valence electrons. The Hall–Kier alpha value is -3.16. The minimum atomic E-state index is -5.01. The molecular weight excluding hydrogens is 476 g/mol. The average molecular weight is 486 g/mol. The van der Waals surface area contributed by atoms with Crippen LogP contribution in [0.1, 0.15) is 5.69 Å². The van der Waals surface area contributed by atoms with Crippen molar-refractivity contribution in [3.05, 3.63) is 59.8 Å². The Kier molecular flexibility index (Phi) is 5.70. The van der Waals surface area contributed by atoms with Gasteiger partial charge in [-0.3, -0.25) is 0 Å². The van der Waals surface area contributed by atoms with E-state index in [1.54, 1.807) is 0 Å². The molecule has 1 aromatic heterocycles. The summed E-state index contributed by atoms with van der Waals surface area (Å²) >= 11 is 0. The van der Waals surface area contributed by atoms with Crippen LogP contribution in [-0.4, -0.2) is 30.8 Å². The summed E-state index contributed by atoms with van der Waals surface area (Å²) in [7, 11) is -4.19. The van der Waals surface area contributed by atoms with Crippen molar-refractivity contribution >= 4 is 9.84 Å². The molecule has 0 aliphatic heterocycles. The highest BCUT2D eigenvalue weighted by atomic mass is 32.2. The number of benzene rings is 2. The Morgan fingerprint density at radius 2 is 1.50 bits per heavy atom. The van der Waals surface area contributed by atoms with Gasteiger partial charge in [0.15, 0.2) is 15.5 Å². The van der Waals surface area contributed by atoms with Crippen molar-refractivity contribution in [3.8, 4) is 22.7 Å². The predicted octanol–water partition coefficient (Wildman–Crippen LogP) is 5.14. The fraction of sp³-hybridized carbons (Fsp3) is 0.167. The molecule has 0 saturated carbocycles. The Bertz CT molecular complexity index is 1260. The second kappa shape index (κ2) is 7.76. The highest BCUT2D eigenvalue weighted by Crippen LogP contribution is 2.35. The molecule has 2 aromatic carbocycles. The van der Waals surface area contributed by atoms with Gasteiger partial charge in [0.2, 0.25) is 0 Å². The molecule has 0 fully saturated rings. The monoisotopic (exact) mass is 486 g/mol. The number of hydrogen-bond donors (Lipinski definition) is 0. The molecule has 3 aromatic rings. The van der Waals surface area contributed by atoms with Gasteiger partial charge in [-0.05, 0) is 36.4 Å². The van der Waals surface area contributed by atoms with Crippen molar-refractivity contribution < 1.29 is 48.3 Å². The van der Waals surface area contributed by atoms with Crippen LogP contribution in [0.3, 0.4) is 0 Å². The van der Waals surface area contributed by atoms with Gasteiger partial charge in [0.05, 0.1) is 5.69 Å². The molecule has 0 radical (unpaired) electrons. The van der Waals surface area contributed by atoms with Gasteiger partial charge in [-0.15, -0.1) is 13.2 Å². The van der Waals surface area contributed by atoms with E-state index in [9.17, 15) is 43.5 Å². The summed E-state index contributed by atoms with van der Waals surface area (Å²) < 4.78 is 132. The van der Waals surface area contributed by atoms with E-state index in [0.717, 1.165) is 24.3 Å². The molecule has 0 aliphatic rings. The van der Waals surface area contributed by atoms with Gasteiger partial charge in [0, 0.05) is 17.9 Å². The van der Waals surface area contributed by atoms with Gasteiger partial charge >= 0.3 is 12.5 Å². The molecule has 0 bridgehead atoms. The van der Waals surface area contributed by atoms with Crippen molar-refractivity contribution in [3.63, 3.8) is 0 Å². The maximum Gasteiger partial charge on any atom is 0.573 e. The molecule has 3 rings (SSSR count). The topological polar surface area (TPSA) is 61.2 Å². The highest BCUT2D eigenvalue weighted by Gasteiger charge is 2.36. The van der Waals surface area contributed by atoms with E-state index in [1.807, 2.05) is 0 Å². The SMILES string of the molecule is CS(=O)(=O)c1cc(F)c(-n2nc(C(F)(F)F)cc2-c2ccc(OC(F)(F)F)cc2)cc1F. The third-order valence-corrected chi connectivity index (χ3v) is 5.12. The third-order valence-electron chi connectivity index (χ3n) is 4.01. The van der Waals surface area contributed by atoms with E-state index < -0.39 is 61.7 Å². The van der Waals surface area contributed by atoms with Crippen LogP contribution >= 0.6 is 0 Å². The molecule has 0 unspecified atom stereocenters. The van der Waals surface area contributed by atoms with Gasteiger partial charge in [0.25, 0.3) is 0 Å². The first-order valence-corrected chi connectivity index (χ1v) is 10.2. The zero-order chi connectivity index (χ0) is 24.1. The van der Waals surface area contributed by atoms with Crippen LogP contribution in [0.4, 0.5) is 35.1 Å². The summed E-state index contributed by atoms with van der Waals surface area (Å²) in [5.74, 6) is -3.51. The minimum absolute atomic E-state index is 0.144. The molecular formula is C18H10F8N2O3S. The average Bonchev–Trinajstić information content (AvgIpc) is 3.07. The van der Waals surface area contributed by atoms with Crippen LogP contribution < -0.4 is 4.74 Å². The zero-order valence-electron chi connectivity index (χ0n) is 15.6. The number of nitrogens with zero attached hydrogens (tertiary/aromatic N) is 2. The van der Waals surface area contributed by atoms with Gasteiger partial charge in [0.1, 0.15) is 28.0 Å². The van der Waals surface area contributed by atoms with Crippen LogP contribution in [0.15, 0.2) is 47.4 Å². The minimum Gasteiger partial charge on any atom is -0.406 e. The van der Waals surface area contributed by atoms with E-state index in [2.05, 4.69) is 9.84 Å². The van der Waals surface area contributed by atoms with Crippen molar-refractivity contribution in [2.45, 2.75) is 17.4 Å². The molecule has 0 amide bonds. The maximum atomic E-state index is 14.6. The molecule has 32 heavy (non-hydrogen) atoms. The lowest BCUT2D eigenvalue weighted by atomic mass is 10.1. The second-order valence-corrected chi connectivity index (χ2v) is 8.39. The fourth-order valence-electron chi connectivity index (χ4n) is 2.70. The van der Waals surface area contributed by atoms with E-state index >= 15 is 0 Å². The number of aromatic nitrogens is 2. The van der Waals surface area contributed by atoms with E-state index in [1.165, 1.54) is 0 Å². The van der Waals surface area contributed by atoms with Crippen molar-refractivity contribution in [1.82, 2.24) is 9.78 Å². The summed E-state index contributed by atoms with van der Waals surface area (Å²) in [6, 6.07) is 4.62. The smallest absolute Gasteiger partial charge is 0.406 e. The molecule has 0 atom stereocenters. The number of alkyl halides is 6. The number of hydrogen-bond acceptors (Lipinski definition) is 4. The van der Waals surface area contributed by atoms with E-state index in [0.29, 0.717) is 29.1 Å². The Balaban J connectivity index is 2.18. The van der Waals surface area contributed by atoms with Gasteiger partial charge in [-0.1, -0.05) is 0 Å². The number of ether oxygens (including phenoxy) is 1. The largest absolute Gasteiger partial charge is 0.573 e. The summed E-state index contributed by atoms with van der Waals surface area (Å²) in [4.78, 5) is -1.02. The van der Waals surface area contributed by atoms with Crippen LogP contribution in [-0.2, 0) is 16.0 Å². The van der Waals surface area contributed by atoms with Crippen LogP contribution in [0.5, 0.6) is 5.75 Å². The summed E-state index contributed by atoms with van der Waals surface area (Å²) in [6.45, 7) is 0. The normalized spacial score (nSPS) is 12.8. The first kappa shape index (κ1) is 23.5. The van der Waals surface area contributed by atoms with Gasteiger partial charge < -0.3 is 4.74 Å². The standard InChI is InChI=1S/C18H10F8N2O3S/c1-32(29,30)15-7-11(19)14(6-12(15)20)28-13(8-16(27-28)17(21,22)23)9-2-4-10(5-3-9)31-18(24,25)26/h2-8H,1H3. The Labute approximate surface area is 174 Å². The zero-order valence-corrected chi connectivity index (χ0v) is 16.4. The predicted molar refractivity (Wildman–Crippen MR) is 93.7 cm³/mol. The molecule has 5 nitrogen and oxygen atoms in total. The summed E-state index contributed by atoms with van der Waals surface area (Å²) in [5.41, 5.74) is -2.96.